The van der Waals surface area contributed by atoms with Crippen molar-refractivity contribution in [2.24, 2.45) is 7.05 Å². The molecule has 0 atom stereocenters. The van der Waals surface area contributed by atoms with E-state index in [1.54, 1.807) is 0 Å². The Balaban J connectivity index is 2.97. The van der Waals surface area contributed by atoms with Gasteiger partial charge in [-0.3, -0.25) is 0 Å². The zero-order chi connectivity index (χ0) is 8.72. The van der Waals surface area contributed by atoms with E-state index in [0.717, 1.165) is 0 Å². The molecule has 2 nitrogen and oxygen atoms in total. The van der Waals surface area contributed by atoms with Crippen molar-refractivity contribution in [2.75, 3.05) is 0 Å². The Hall–Kier alpha value is -1.31. The fourth-order valence-corrected chi connectivity index (χ4v) is 1.65. The topological polar surface area (TPSA) is 19.7 Å². The summed E-state index contributed by atoms with van der Waals surface area (Å²) in [6, 6.07) is 6.32. The van der Waals surface area contributed by atoms with E-state index < -0.39 is 0 Å². The van der Waals surface area contributed by atoms with Gasteiger partial charge in [0.1, 0.15) is 0 Å². The van der Waals surface area contributed by atoms with E-state index in [9.17, 15) is 0 Å². The molecule has 0 aliphatic heterocycles. The lowest BCUT2D eigenvalue weighted by Crippen LogP contribution is -2.30. The minimum Gasteiger partial charge on any atom is -0.241 e. The van der Waals surface area contributed by atoms with E-state index in [4.69, 9.17) is 0 Å². The molecule has 0 bridgehead atoms. The Morgan fingerprint density at radius 2 is 2.00 bits per heavy atom. The number of nitrogens with zero attached hydrogens (tertiary/aromatic N) is 1. The Morgan fingerprint density at radius 3 is 2.67 bits per heavy atom. The number of fused-ring (bicyclic) bond motifs is 1. The van der Waals surface area contributed by atoms with Crippen LogP contribution in [0, 0.1) is 13.8 Å². The molecule has 2 heteroatoms. The van der Waals surface area contributed by atoms with Crippen LogP contribution >= 0.6 is 0 Å². The summed E-state index contributed by atoms with van der Waals surface area (Å²) in [7, 11) is 2.08. The van der Waals surface area contributed by atoms with Crippen LogP contribution in [-0.2, 0) is 7.05 Å². The Kier molecular flexibility index (Phi) is 1.43. The highest BCUT2D eigenvalue weighted by Gasteiger charge is 2.11. The number of rotatable bonds is 0. The Morgan fingerprint density at radius 1 is 1.25 bits per heavy atom. The van der Waals surface area contributed by atoms with Gasteiger partial charge in [-0.25, -0.2) is 9.55 Å². The first-order valence-corrected chi connectivity index (χ1v) is 4.14. The lowest BCUT2D eigenvalue weighted by molar-refractivity contribution is -0.651. The molecule has 12 heavy (non-hydrogen) atoms. The number of aromatic amines is 1. The van der Waals surface area contributed by atoms with Gasteiger partial charge in [-0.2, -0.15) is 0 Å². The molecule has 62 valence electrons. The Labute approximate surface area is 71.8 Å². The van der Waals surface area contributed by atoms with Crippen molar-refractivity contribution in [3.05, 3.63) is 29.6 Å². The largest absolute Gasteiger partial charge is 0.251 e. The second-order valence-electron chi connectivity index (χ2n) is 3.24. The van der Waals surface area contributed by atoms with Crippen LogP contribution in [0.3, 0.4) is 0 Å². The van der Waals surface area contributed by atoms with E-state index >= 15 is 0 Å². The van der Waals surface area contributed by atoms with E-state index in [1.165, 1.54) is 22.4 Å². The van der Waals surface area contributed by atoms with Gasteiger partial charge in [0, 0.05) is 12.5 Å². The van der Waals surface area contributed by atoms with Gasteiger partial charge in [0.15, 0.2) is 11.0 Å². The van der Waals surface area contributed by atoms with Gasteiger partial charge in [0.2, 0.25) is 0 Å². The first-order valence-electron chi connectivity index (χ1n) is 4.14. The summed E-state index contributed by atoms with van der Waals surface area (Å²) in [6.07, 6.45) is 0. The van der Waals surface area contributed by atoms with Crippen molar-refractivity contribution in [1.29, 1.82) is 0 Å². The van der Waals surface area contributed by atoms with Crippen molar-refractivity contribution < 1.29 is 4.57 Å². The first kappa shape index (κ1) is 7.35. The van der Waals surface area contributed by atoms with Crippen LogP contribution in [0.5, 0.6) is 0 Å². The molecule has 0 amide bonds. The maximum Gasteiger partial charge on any atom is 0.251 e. The van der Waals surface area contributed by atoms with Crippen LogP contribution in [-0.4, -0.2) is 4.98 Å². The highest BCUT2D eigenvalue weighted by molar-refractivity contribution is 5.74. The average molecular weight is 161 g/mol. The second kappa shape index (κ2) is 2.34. The Bertz CT molecular complexity index is 427. The van der Waals surface area contributed by atoms with E-state index in [-0.39, 0.29) is 0 Å². The van der Waals surface area contributed by atoms with Gasteiger partial charge in [-0.05, 0) is 13.0 Å². The quantitative estimate of drug-likeness (QED) is 0.566. The summed E-state index contributed by atoms with van der Waals surface area (Å²) in [6.45, 7) is 4.22. The molecule has 0 saturated carbocycles. The maximum absolute atomic E-state index is 3.33. The fraction of sp³-hybridized carbons (Fsp3) is 0.300. The molecule has 0 fully saturated rings. The number of nitrogens with one attached hydrogen (secondary N) is 1. The van der Waals surface area contributed by atoms with Crippen LogP contribution in [0.15, 0.2) is 18.2 Å². The third-order valence-corrected chi connectivity index (χ3v) is 2.39. The van der Waals surface area contributed by atoms with Gasteiger partial charge in [-0.1, -0.05) is 12.1 Å². The number of aryl methyl sites for hydroxylation is 3. The highest BCUT2D eigenvalue weighted by atomic mass is 15.0. The van der Waals surface area contributed by atoms with Crippen molar-refractivity contribution in [3.63, 3.8) is 0 Å². The number of imidazole rings is 1. The van der Waals surface area contributed by atoms with Crippen LogP contribution in [0.1, 0.15) is 11.4 Å². The van der Waals surface area contributed by atoms with Gasteiger partial charge < -0.3 is 0 Å². The molecule has 1 aromatic carbocycles. The van der Waals surface area contributed by atoms with E-state index in [1.807, 2.05) is 0 Å². The van der Waals surface area contributed by atoms with Crippen LogP contribution in [0.25, 0.3) is 11.0 Å². The number of aromatic nitrogens is 2. The number of hydrogen-bond donors (Lipinski definition) is 1. The molecule has 1 N–H and O–H groups in total. The van der Waals surface area contributed by atoms with Crippen molar-refractivity contribution in [1.82, 2.24) is 4.98 Å². The number of H-pyrrole nitrogens is 1. The van der Waals surface area contributed by atoms with Gasteiger partial charge in [-0.15, -0.1) is 0 Å². The molecule has 1 heterocycles. The molecule has 2 aromatic rings. The molecule has 0 unspecified atom stereocenters. The molecule has 0 saturated heterocycles. The lowest BCUT2D eigenvalue weighted by atomic mass is 10.2. The van der Waals surface area contributed by atoms with Crippen LogP contribution < -0.4 is 4.57 Å². The molecule has 0 spiro atoms. The minimum absolute atomic E-state index is 1.19. The molecular formula is C10H13N2+. The number of para-hydroxylation sites is 1. The van der Waals surface area contributed by atoms with E-state index in [2.05, 4.69) is 48.6 Å². The van der Waals surface area contributed by atoms with E-state index in [0.29, 0.717) is 0 Å². The third kappa shape index (κ3) is 0.843. The number of hydrogen-bond acceptors (Lipinski definition) is 0. The van der Waals surface area contributed by atoms with Crippen molar-refractivity contribution >= 4 is 11.0 Å². The summed E-state index contributed by atoms with van der Waals surface area (Å²) in [5, 5.41) is 0. The predicted octanol–water partition coefficient (Wildman–Crippen LogP) is 1.61. The normalized spacial score (nSPS) is 10.9. The zero-order valence-electron chi connectivity index (χ0n) is 7.68. The van der Waals surface area contributed by atoms with Crippen molar-refractivity contribution in [3.8, 4) is 0 Å². The summed E-state index contributed by atoms with van der Waals surface area (Å²) in [5.41, 5.74) is 3.84. The molecule has 0 aliphatic rings. The summed E-state index contributed by atoms with van der Waals surface area (Å²) in [4.78, 5) is 3.33. The maximum atomic E-state index is 3.33. The monoisotopic (exact) mass is 161 g/mol. The molecule has 0 aliphatic carbocycles. The smallest absolute Gasteiger partial charge is 0.241 e. The molecule has 0 radical (unpaired) electrons. The van der Waals surface area contributed by atoms with Gasteiger partial charge in [0.25, 0.3) is 5.82 Å². The highest BCUT2D eigenvalue weighted by Crippen LogP contribution is 2.12. The predicted molar refractivity (Wildman–Crippen MR) is 48.9 cm³/mol. The lowest BCUT2D eigenvalue weighted by Gasteiger charge is -1.92. The SMILES string of the molecule is Cc1cccc2[nH]c(C)[n+](C)c12. The van der Waals surface area contributed by atoms with Crippen LogP contribution in [0.4, 0.5) is 0 Å². The first-order chi connectivity index (χ1) is 5.70. The fourth-order valence-electron chi connectivity index (χ4n) is 1.65. The van der Waals surface area contributed by atoms with Gasteiger partial charge >= 0.3 is 0 Å². The zero-order valence-corrected chi connectivity index (χ0v) is 7.68. The summed E-state index contributed by atoms with van der Waals surface area (Å²) in [5.74, 6) is 1.19. The average Bonchev–Trinajstić information content (AvgIpc) is 2.29. The summed E-state index contributed by atoms with van der Waals surface area (Å²) >= 11 is 0. The second-order valence-corrected chi connectivity index (χ2v) is 3.24. The summed E-state index contributed by atoms with van der Waals surface area (Å²) < 4.78 is 2.19. The van der Waals surface area contributed by atoms with Crippen LogP contribution in [0.2, 0.25) is 0 Å². The molecular weight excluding hydrogens is 148 g/mol. The molecule has 1 aromatic heterocycles. The number of benzene rings is 1. The van der Waals surface area contributed by atoms with Crippen molar-refractivity contribution in [2.45, 2.75) is 13.8 Å². The molecule has 2 rings (SSSR count). The standard InChI is InChI=1S/C10H12N2/c1-7-5-4-6-9-10(7)12(3)8(2)11-9/h4-6H,1-3H3/p+1. The minimum atomic E-state index is 1.19. The third-order valence-electron chi connectivity index (χ3n) is 2.39. The van der Waals surface area contributed by atoms with Gasteiger partial charge in [0.05, 0.1) is 7.05 Å².